The molecule has 0 radical (unpaired) electrons. The predicted octanol–water partition coefficient (Wildman–Crippen LogP) is 3.29. The van der Waals surface area contributed by atoms with Gasteiger partial charge in [-0.15, -0.1) is 0 Å². The van der Waals surface area contributed by atoms with Gasteiger partial charge in [-0.1, -0.05) is 30.7 Å². The van der Waals surface area contributed by atoms with E-state index in [9.17, 15) is 0 Å². The number of rotatable bonds is 7. The molecule has 0 heterocycles. The van der Waals surface area contributed by atoms with Gasteiger partial charge >= 0.3 is 0 Å². The third-order valence-electron chi connectivity index (χ3n) is 2.94. The summed E-state index contributed by atoms with van der Waals surface area (Å²) in [4.78, 5) is 0. The Morgan fingerprint density at radius 3 is 2.76 bits per heavy atom. The second-order valence-electron chi connectivity index (χ2n) is 4.34. The molecule has 0 saturated heterocycles. The highest BCUT2D eigenvalue weighted by molar-refractivity contribution is 6.30. The first-order valence-corrected chi connectivity index (χ1v) is 6.55. The molecular weight excluding hydrogens is 234 g/mol. The van der Waals surface area contributed by atoms with Gasteiger partial charge in [-0.2, -0.15) is 0 Å². The summed E-state index contributed by atoms with van der Waals surface area (Å²) in [5.74, 6) is 0. The van der Waals surface area contributed by atoms with Crippen molar-refractivity contribution in [3.05, 3.63) is 34.9 Å². The van der Waals surface area contributed by atoms with Gasteiger partial charge in [0.1, 0.15) is 0 Å². The van der Waals surface area contributed by atoms with Crippen LogP contribution in [0, 0.1) is 0 Å². The van der Waals surface area contributed by atoms with Crippen LogP contribution in [0.25, 0.3) is 0 Å². The Labute approximate surface area is 109 Å². The third kappa shape index (κ3) is 5.07. The number of halogens is 1. The summed E-state index contributed by atoms with van der Waals surface area (Å²) in [6, 6.07) is 8.35. The zero-order valence-electron chi connectivity index (χ0n) is 10.9. The molecule has 96 valence electrons. The summed E-state index contributed by atoms with van der Waals surface area (Å²) < 4.78 is 5.42. The van der Waals surface area contributed by atoms with Crippen LogP contribution < -0.4 is 5.32 Å². The van der Waals surface area contributed by atoms with Crippen molar-refractivity contribution in [3.63, 3.8) is 0 Å². The Bertz CT molecular complexity index is 330. The van der Waals surface area contributed by atoms with Crippen LogP contribution in [0.2, 0.25) is 5.02 Å². The first-order chi connectivity index (χ1) is 8.17. The molecule has 0 aromatic heterocycles. The van der Waals surface area contributed by atoms with Crippen molar-refractivity contribution in [3.8, 4) is 0 Å². The van der Waals surface area contributed by atoms with E-state index >= 15 is 0 Å². The van der Waals surface area contributed by atoms with Crippen LogP contribution in [0.15, 0.2) is 24.3 Å². The molecule has 0 aliphatic carbocycles. The van der Waals surface area contributed by atoms with Crippen molar-refractivity contribution in [2.24, 2.45) is 0 Å². The van der Waals surface area contributed by atoms with Crippen molar-refractivity contribution in [1.29, 1.82) is 0 Å². The zero-order chi connectivity index (χ0) is 12.7. The molecule has 0 aliphatic rings. The fourth-order valence-corrected chi connectivity index (χ4v) is 2.03. The lowest BCUT2D eigenvalue weighted by Crippen LogP contribution is -2.41. The van der Waals surface area contributed by atoms with Crippen molar-refractivity contribution in [2.45, 2.75) is 38.8 Å². The highest BCUT2D eigenvalue weighted by Gasteiger charge is 2.16. The molecule has 17 heavy (non-hydrogen) atoms. The highest BCUT2D eigenvalue weighted by Crippen LogP contribution is 2.14. The normalized spacial score (nSPS) is 14.6. The summed E-state index contributed by atoms with van der Waals surface area (Å²) >= 11 is 5.99. The standard InChI is InChI=1S/C14H22ClNO/c1-4-8-16-14(11(2)17-3)10-12-6-5-7-13(15)9-12/h5-7,9,11,14,16H,4,8,10H2,1-3H3. The van der Waals surface area contributed by atoms with Crippen LogP contribution >= 0.6 is 11.6 Å². The Kier molecular flexibility index (Phi) is 6.56. The molecule has 0 bridgehead atoms. The Hall–Kier alpha value is -0.570. The second kappa shape index (κ2) is 7.70. The molecule has 0 amide bonds. The van der Waals surface area contributed by atoms with Gasteiger partial charge in [0.2, 0.25) is 0 Å². The molecule has 0 fully saturated rings. The SMILES string of the molecule is CCCNC(Cc1cccc(Cl)c1)C(C)OC. The summed E-state index contributed by atoms with van der Waals surface area (Å²) in [6.45, 7) is 5.28. The minimum Gasteiger partial charge on any atom is -0.380 e. The molecule has 2 nitrogen and oxygen atoms in total. The molecule has 3 heteroatoms. The second-order valence-corrected chi connectivity index (χ2v) is 4.77. The maximum absolute atomic E-state index is 5.99. The lowest BCUT2D eigenvalue weighted by molar-refractivity contribution is 0.0831. The molecule has 0 saturated carbocycles. The van der Waals surface area contributed by atoms with Gasteiger partial charge in [0.25, 0.3) is 0 Å². The van der Waals surface area contributed by atoms with Crippen LogP contribution in [-0.4, -0.2) is 25.8 Å². The summed E-state index contributed by atoms with van der Waals surface area (Å²) in [5, 5.41) is 4.31. The van der Waals surface area contributed by atoms with Crippen molar-refractivity contribution >= 4 is 11.6 Å². The molecule has 0 aliphatic heterocycles. The highest BCUT2D eigenvalue weighted by atomic mass is 35.5. The third-order valence-corrected chi connectivity index (χ3v) is 3.17. The van der Waals surface area contributed by atoms with E-state index in [2.05, 4.69) is 25.2 Å². The number of methoxy groups -OCH3 is 1. The molecule has 0 spiro atoms. The first kappa shape index (κ1) is 14.5. The summed E-state index contributed by atoms with van der Waals surface area (Å²) in [6.07, 6.45) is 2.26. The quantitative estimate of drug-likeness (QED) is 0.807. The number of benzene rings is 1. The van der Waals surface area contributed by atoms with Gasteiger partial charge in [-0.05, 0) is 44.0 Å². The van der Waals surface area contributed by atoms with Gasteiger partial charge < -0.3 is 10.1 Å². The molecule has 1 rings (SSSR count). The van der Waals surface area contributed by atoms with E-state index in [0.29, 0.717) is 6.04 Å². The largest absolute Gasteiger partial charge is 0.380 e. The van der Waals surface area contributed by atoms with E-state index in [4.69, 9.17) is 16.3 Å². The Morgan fingerprint density at radius 1 is 1.41 bits per heavy atom. The van der Waals surface area contributed by atoms with Crippen molar-refractivity contribution < 1.29 is 4.74 Å². The fourth-order valence-electron chi connectivity index (χ4n) is 1.82. The lowest BCUT2D eigenvalue weighted by atomic mass is 10.0. The van der Waals surface area contributed by atoms with Crippen LogP contribution in [0.4, 0.5) is 0 Å². The Balaban J connectivity index is 2.64. The minimum atomic E-state index is 0.195. The topological polar surface area (TPSA) is 21.3 Å². The van der Waals surface area contributed by atoms with Crippen LogP contribution in [0.5, 0.6) is 0 Å². The maximum atomic E-state index is 5.99. The van der Waals surface area contributed by atoms with E-state index in [1.54, 1.807) is 7.11 Å². The van der Waals surface area contributed by atoms with Crippen molar-refractivity contribution in [2.75, 3.05) is 13.7 Å². The van der Waals surface area contributed by atoms with E-state index < -0.39 is 0 Å². The summed E-state index contributed by atoms with van der Waals surface area (Å²) in [5.41, 5.74) is 1.25. The number of ether oxygens (including phenoxy) is 1. The first-order valence-electron chi connectivity index (χ1n) is 6.18. The molecule has 2 atom stereocenters. The molecular formula is C14H22ClNO. The van der Waals surface area contributed by atoms with Gasteiger partial charge in [-0.3, -0.25) is 0 Å². The van der Waals surface area contributed by atoms with Crippen molar-refractivity contribution in [1.82, 2.24) is 5.32 Å². The lowest BCUT2D eigenvalue weighted by Gasteiger charge is -2.24. The minimum absolute atomic E-state index is 0.195. The monoisotopic (exact) mass is 255 g/mol. The van der Waals surface area contributed by atoms with Crippen LogP contribution in [0.3, 0.4) is 0 Å². The molecule has 2 unspecified atom stereocenters. The fraction of sp³-hybridized carbons (Fsp3) is 0.571. The number of hydrogen-bond donors (Lipinski definition) is 1. The smallest absolute Gasteiger partial charge is 0.0699 e. The van der Waals surface area contributed by atoms with Gasteiger partial charge in [0.15, 0.2) is 0 Å². The number of hydrogen-bond acceptors (Lipinski definition) is 2. The number of nitrogens with one attached hydrogen (secondary N) is 1. The van der Waals surface area contributed by atoms with E-state index in [1.807, 2.05) is 18.2 Å². The Morgan fingerprint density at radius 2 is 2.18 bits per heavy atom. The molecule has 1 aromatic carbocycles. The van der Waals surface area contributed by atoms with Gasteiger partial charge in [0, 0.05) is 18.2 Å². The molecule has 1 N–H and O–H groups in total. The van der Waals surface area contributed by atoms with E-state index in [0.717, 1.165) is 24.4 Å². The average molecular weight is 256 g/mol. The van der Waals surface area contributed by atoms with E-state index in [1.165, 1.54) is 5.56 Å². The van der Waals surface area contributed by atoms with Crippen LogP contribution in [-0.2, 0) is 11.2 Å². The summed E-state index contributed by atoms with van der Waals surface area (Å²) in [7, 11) is 1.75. The average Bonchev–Trinajstić information content (AvgIpc) is 2.33. The predicted molar refractivity (Wildman–Crippen MR) is 73.7 cm³/mol. The van der Waals surface area contributed by atoms with Gasteiger partial charge in [0.05, 0.1) is 6.10 Å². The van der Waals surface area contributed by atoms with Gasteiger partial charge in [-0.25, -0.2) is 0 Å². The maximum Gasteiger partial charge on any atom is 0.0699 e. The van der Waals surface area contributed by atoms with Crippen LogP contribution in [0.1, 0.15) is 25.8 Å². The van der Waals surface area contributed by atoms with E-state index in [-0.39, 0.29) is 6.10 Å². The molecule has 1 aromatic rings. The zero-order valence-corrected chi connectivity index (χ0v) is 11.6.